The highest BCUT2D eigenvalue weighted by molar-refractivity contribution is 5.25. The molecular weight excluding hydrogens is 263 g/mol. The van der Waals surface area contributed by atoms with Gasteiger partial charge in [-0.05, 0) is 36.2 Å². The maximum absolute atomic E-state index is 13.1. The van der Waals surface area contributed by atoms with Gasteiger partial charge in [0.1, 0.15) is 5.82 Å². The lowest BCUT2D eigenvalue weighted by atomic mass is 10.1. The van der Waals surface area contributed by atoms with Crippen molar-refractivity contribution in [3.8, 4) is 0 Å². The van der Waals surface area contributed by atoms with Gasteiger partial charge in [-0.1, -0.05) is 30.3 Å². The topological polar surface area (TPSA) is 12.0 Å². The first-order valence-corrected chi connectivity index (χ1v) is 6.42. The Morgan fingerprint density at radius 1 is 1.00 bits per heavy atom. The number of hydrogen-bond acceptors (Lipinski definition) is 1. The minimum Gasteiger partial charge on any atom is -0.306 e. The third kappa shape index (κ3) is 3.84. The zero-order valence-corrected chi connectivity index (χ0v) is 11.1. The summed E-state index contributed by atoms with van der Waals surface area (Å²) in [6, 6.07) is 12.6. The quantitative estimate of drug-likeness (QED) is 0.842. The molecule has 4 heteroatoms. The van der Waals surface area contributed by atoms with Crippen molar-refractivity contribution in [3.63, 3.8) is 0 Å². The Morgan fingerprint density at radius 2 is 1.70 bits per heavy atom. The molecule has 2 aromatic rings. The summed E-state index contributed by atoms with van der Waals surface area (Å²) in [5.41, 5.74) is 1.63. The molecule has 106 valence electrons. The fourth-order valence-corrected chi connectivity index (χ4v) is 2.00. The van der Waals surface area contributed by atoms with Crippen LogP contribution in [0.5, 0.6) is 0 Å². The Labute approximate surface area is 116 Å². The van der Waals surface area contributed by atoms with Crippen LogP contribution in [0, 0.1) is 5.82 Å². The van der Waals surface area contributed by atoms with Crippen LogP contribution >= 0.6 is 0 Å². The lowest BCUT2D eigenvalue weighted by Gasteiger charge is -2.15. The molecule has 0 saturated carbocycles. The van der Waals surface area contributed by atoms with E-state index in [0.717, 1.165) is 11.1 Å². The molecule has 0 fully saturated rings. The predicted octanol–water partition coefficient (Wildman–Crippen LogP) is 4.61. The van der Waals surface area contributed by atoms with Crippen molar-refractivity contribution in [2.75, 3.05) is 0 Å². The van der Waals surface area contributed by atoms with Gasteiger partial charge in [-0.25, -0.2) is 13.2 Å². The molecule has 20 heavy (non-hydrogen) atoms. The first-order chi connectivity index (χ1) is 9.56. The van der Waals surface area contributed by atoms with Gasteiger partial charge in [0.15, 0.2) is 0 Å². The zero-order valence-electron chi connectivity index (χ0n) is 11.1. The van der Waals surface area contributed by atoms with Gasteiger partial charge in [-0.2, -0.15) is 0 Å². The molecular formula is C16H16F3N. The monoisotopic (exact) mass is 279 g/mol. The summed E-state index contributed by atoms with van der Waals surface area (Å²) < 4.78 is 38.3. The molecule has 1 N–H and O–H groups in total. The summed E-state index contributed by atoms with van der Waals surface area (Å²) in [7, 11) is 0. The Kier molecular flexibility index (Phi) is 4.79. The summed E-state index contributed by atoms with van der Waals surface area (Å²) in [4.78, 5) is 0. The average Bonchev–Trinajstić information content (AvgIpc) is 2.45. The van der Waals surface area contributed by atoms with Crippen LogP contribution in [0.3, 0.4) is 0 Å². The van der Waals surface area contributed by atoms with Crippen LogP contribution in [0.25, 0.3) is 0 Å². The van der Waals surface area contributed by atoms with E-state index in [1.54, 1.807) is 18.2 Å². The summed E-state index contributed by atoms with van der Waals surface area (Å²) in [6.07, 6.45) is -2.46. The second kappa shape index (κ2) is 6.57. The van der Waals surface area contributed by atoms with E-state index in [9.17, 15) is 13.2 Å². The second-order valence-corrected chi connectivity index (χ2v) is 4.70. The summed E-state index contributed by atoms with van der Waals surface area (Å²) in [5.74, 6) is -0.282. The first-order valence-electron chi connectivity index (χ1n) is 6.42. The lowest BCUT2D eigenvalue weighted by Crippen LogP contribution is -2.18. The molecule has 0 heterocycles. The van der Waals surface area contributed by atoms with E-state index in [-0.39, 0.29) is 17.4 Å². The Morgan fingerprint density at radius 3 is 2.40 bits per heavy atom. The van der Waals surface area contributed by atoms with Crippen molar-refractivity contribution in [2.24, 2.45) is 0 Å². The van der Waals surface area contributed by atoms with Gasteiger partial charge in [0.2, 0.25) is 0 Å². The molecule has 0 saturated heterocycles. The fraction of sp³-hybridized carbons (Fsp3) is 0.250. The fourth-order valence-electron chi connectivity index (χ4n) is 2.00. The Bertz CT molecular complexity index is 569. The molecule has 0 aliphatic heterocycles. The van der Waals surface area contributed by atoms with Crippen molar-refractivity contribution in [1.29, 1.82) is 0 Å². The molecule has 1 nitrogen and oxygen atoms in total. The van der Waals surface area contributed by atoms with Crippen LogP contribution in [0.2, 0.25) is 0 Å². The maximum Gasteiger partial charge on any atom is 0.263 e. The number of nitrogens with one attached hydrogen (secondary N) is 1. The molecule has 0 bridgehead atoms. The maximum atomic E-state index is 13.1. The van der Waals surface area contributed by atoms with Gasteiger partial charge >= 0.3 is 0 Å². The van der Waals surface area contributed by atoms with E-state index in [1.165, 1.54) is 24.3 Å². The number of halogens is 3. The number of alkyl halides is 2. The van der Waals surface area contributed by atoms with E-state index < -0.39 is 6.43 Å². The van der Waals surface area contributed by atoms with Gasteiger partial charge in [0.25, 0.3) is 6.43 Å². The Balaban J connectivity index is 1.99. The number of rotatable bonds is 5. The second-order valence-electron chi connectivity index (χ2n) is 4.70. The minimum absolute atomic E-state index is 0.0164. The molecule has 0 aliphatic rings. The third-order valence-electron chi connectivity index (χ3n) is 3.16. The Hall–Kier alpha value is -1.81. The normalized spacial score (nSPS) is 12.7. The van der Waals surface area contributed by atoms with Gasteiger partial charge < -0.3 is 5.32 Å². The summed E-state index contributed by atoms with van der Waals surface area (Å²) in [5, 5.41) is 3.20. The van der Waals surface area contributed by atoms with Crippen molar-refractivity contribution >= 4 is 0 Å². The van der Waals surface area contributed by atoms with Crippen LogP contribution in [0.1, 0.15) is 36.1 Å². The molecule has 0 aromatic heterocycles. The third-order valence-corrected chi connectivity index (χ3v) is 3.16. The standard InChI is InChI=1S/C16H16F3N/c1-11(13-5-3-7-15(17)9-13)20-10-12-4-2-6-14(8-12)16(18)19/h2-9,11,16,20H,10H2,1H3/t11-/m1/s1. The van der Waals surface area contributed by atoms with E-state index in [2.05, 4.69) is 5.32 Å². The molecule has 0 amide bonds. The van der Waals surface area contributed by atoms with Gasteiger partial charge in [0.05, 0.1) is 0 Å². The predicted molar refractivity (Wildman–Crippen MR) is 73.1 cm³/mol. The highest BCUT2D eigenvalue weighted by Crippen LogP contribution is 2.20. The van der Waals surface area contributed by atoms with Gasteiger partial charge in [0, 0.05) is 18.2 Å². The van der Waals surface area contributed by atoms with Crippen LogP contribution < -0.4 is 5.32 Å². The smallest absolute Gasteiger partial charge is 0.263 e. The van der Waals surface area contributed by atoms with Crippen molar-refractivity contribution < 1.29 is 13.2 Å². The number of benzene rings is 2. The van der Waals surface area contributed by atoms with Crippen molar-refractivity contribution in [1.82, 2.24) is 5.32 Å². The SMILES string of the molecule is C[C@@H](NCc1cccc(C(F)F)c1)c1cccc(F)c1. The van der Waals surface area contributed by atoms with Crippen molar-refractivity contribution in [2.45, 2.75) is 25.9 Å². The average molecular weight is 279 g/mol. The largest absolute Gasteiger partial charge is 0.306 e. The van der Waals surface area contributed by atoms with E-state index in [4.69, 9.17) is 0 Å². The van der Waals surface area contributed by atoms with Crippen LogP contribution in [0.4, 0.5) is 13.2 Å². The lowest BCUT2D eigenvalue weighted by molar-refractivity contribution is 0.151. The van der Waals surface area contributed by atoms with Gasteiger partial charge in [-0.15, -0.1) is 0 Å². The van der Waals surface area contributed by atoms with E-state index in [1.807, 2.05) is 13.0 Å². The molecule has 2 rings (SSSR count). The first kappa shape index (κ1) is 14.6. The van der Waals surface area contributed by atoms with Crippen LogP contribution in [0.15, 0.2) is 48.5 Å². The highest BCUT2D eigenvalue weighted by Gasteiger charge is 2.09. The zero-order chi connectivity index (χ0) is 14.5. The van der Waals surface area contributed by atoms with Crippen LogP contribution in [-0.2, 0) is 6.54 Å². The van der Waals surface area contributed by atoms with E-state index in [0.29, 0.717) is 6.54 Å². The molecule has 0 aliphatic carbocycles. The van der Waals surface area contributed by atoms with Gasteiger partial charge in [-0.3, -0.25) is 0 Å². The van der Waals surface area contributed by atoms with Crippen LogP contribution in [-0.4, -0.2) is 0 Å². The van der Waals surface area contributed by atoms with Crippen molar-refractivity contribution in [3.05, 3.63) is 71.0 Å². The molecule has 2 aromatic carbocycles. The summed E-state index contributed by atoms with van der Waals surface area (Å²) >= 11 is 0. The molecule has 1 atom stereocenters. The van der Waals surface area contributed by atoms with E-state index >= 15 is 0 Å². The molecule has 0 unspecified atom stereocenters. The number of hydrogen-bond donors (Lipinski definition) is 1. The minimum atomic E-state index is -2.46. The summed E-state index contributed by atoms with van der Waals surface area (Å²) in [6.45, 7) is 2.37. The highest BCUT2D eigenvalue weighted by atomic mass is 19.3. The molecule has 0 radical (unpaired) electrons. The molecule has 0 spiro atoms.